The molecule has 2 rings (SSSR count). The maximum absolute atomic E-state index is 3.97. The van der Waals surface area contributed by atoms with Gasteiger partial charge in [-0.15, -0.1) is 0 Å². The molecule has 0 aliphatic carbocycles. The van der Waals surface area contributed by atoms with Crippen molar-refractivity contribution in [1.82, 2.24) is 10.2 Å². The zero-order chi connectivity index (χ0) is 17.6. The van der Waals surface area contributed by atoms with Crippen LogP contribution in [0.3, 0.4) is 0 Å². The van der Waals surface area contributed by atoms with E-state index in [0.717, 1.165) is 26.2 Å². The SMILES string of the molecule is C=C/C(=C\C=C/C)CN(Cc1ccccc1)[C@H]1CCCNC1.CC. The normalized spacial score (nSPS) is 18.3. The van der Waals surface area contributed by atoms with Gasteiger partial charge in [-0.1, -0.05) is 75.1 Å². The minimum Gasteiger partial charge on any atom is -0.315 e. The minimum atomic E-state index is 0.600. The van der Waals surface area contributed by atoms with Crippen LogP contribution < -0.4 is 5.32 Å². The van der Waals surface area contributed by atoms with E-state index in [0.29, 0.717) is 6.04 Å². The fourth-order valence-electron chi connectivity index (χ4n) is 2.92. The summed E-state index contributed by atoms with van der Waals surface area (Å²) in [6, 6.07) is 11.4. The summed E-state index contributed by atoms with van der Waals surface area (Å²) in [5.74, 6) is 0. The number of rotatable bonds is 7. The molecule has 0 radical (unpaired) electrons. The molecule has 0 amide bonds. The molecule has 1 aliphatic heterocycles. The van der Waals surface area contributed by atoms with Gasteiger partial charge in [0.05, 0.1) is 0 Å². The van der Waals surface area contributed by atoms with Crippen molar-refractivity contribution in [3.05, 3.63) is 72.4 Å². The quantitative estimate of drug-likeness (QED) is 0.713. The van der Waals surface area contributed by atoms with Crippen LogP contribution in [0.5, 0.6) is 0 Å². The Kier molecular flexibility index (Phi) is 10.8. The summed E-state index contributed by atoms with van der Waals surface area (Å²) in [7, 11) is 0. The molecule has 0 unspecified atom stereocenters. The maximum Gasteiger partial charge on any atom is 0.0240 e. The second-order valence-corrected chi connectivity index (χ2v) is 5.86. The molecule has 1 aromatic carbocycles. The van der Waals surface area contributed by atoms with Gasteiger partial charge in [-0.25, -0.2) is 0 Å². The van der Waals surface area contributed by atoms with Crippen LogP contribution in [0.2, 0.25) is 0 Å². The fraction of sp³-hybridized carbons (Fsp3) is 0.455. The molecular formula is C22H34N2. The molecule has 1 aliphatic rings. The number of hydrogen-bond donors (Lipinski definition) is 1. The molecule has 1 atom stereocenters. The lowest BCUT2D eigenvalue weighted by atomic mass is 10.0. The highest BCUT2D eigenvalue weighted by atomic mass is 15.2. The average Bonchev–Trinajstić information content (AvgIpc) is 2.67. The van der Waals surface area contributed by atoms with E-state index in [2.05, 4.69) is 65.4 Å². The Morgan fingerprint density at radius 3 is 2.62 bits per heavy atom. The van der Waals surface area contributed by atoms with Gasteiger partial charge in [-0.05, 0) is 37.4 Å². The second-order valence-electron chi connectivity index (χ2n) is 5.86. The lowest BCUT2D eigenvalue weighted by molar-refractivity contribution is 0.172. The average molecular weight is 327 g/mol. The van der Waals surface area contributed by atoms with Crippen molar-refractivity contribution < 1.29 is 0 Å². The van der Waals surface area contributed by atoms with Crippen LogP contribution in [-0.2, 0) is 6.54 Å². The smallest absolute Gasteiger partial charge is 0.0240 e. The van der Waals surface area contributed by atoms with Crippen molar-refractivity contribution in [3.8, 4) is 0 Å². The Bertz CT molecular complexity index is 496. The number of nitrogens with zero attached hydrogens (tertiary/aromatic N) is 1. The molecule has 0 spiro atoms. The largest absolute Gasteiger partial charge is 0.315 e. The van der Waals surface area contributed by atoms with Gasteiger partial charge in [0.2, 0.25) is 0 Å². The number of hydrogen-bond acceptors (Lipinski definition) is 2. The number of allylic oxidation sites excluding steroid dienone is 3. The topological polar surface area (TPSA) is 15.3 Å². The highest BCUT2D eigenvalue weighted by molar-refractivity contribution is 5.24. The number of nitrogens with one attached hydrogen (secondary N) is 1. The predicted octanol–water partition coefficient (Wildman–Crippen LogP) is 4.96. The number of benzene rings is 1. The Labute approximate surface area is 149 Å². The van der Waals surface area contributed by atoms with Crippen LogP contribution in [0.25, 0.3) is 0 Å². The van der Waals surface area contributed by atoms with Crippen molar-refractivity contribution in [1.29, 1.82) is 0 Å². The zero-order valence-corrected chi connectivity index (χ0v) is 15.7. The van der Waals surface area contributed by atoms with E-state index in [4.69, 9.17) is 0 Å². The third kappa shape index (κ3) is 7.29. The van der Waals surface area contributed by atoms with Crippen LogP contribution in [0, 0.1) is 0 Å². The third-order valence-electron chi connectivity index (χ3n) is 4.17. The van der Waals surface area contributed by atoms with E-state index in [1.807, 2.05) is 26.8 Å². The first-order valence-electron chi connectivity index (χ1n) is 9.26. The van der Waals surface area contributed by atoms with Crippen LogP contribution in [-0.4, -0.2) is 30.6 Å². The molecule has 1 heterocycles. The summed E-state index contributed by atoms with van der Waals surface area (Å²) in [5.41, 5.74) is 2.65. The molecule has 1 fully saturated rings. The van der Waals surface area contributed by atoms with E-state index < -0.39 is 0 Å². The van der Waals surface area contributed by atoms with Gasteiger partial charge in [-0.2, -0.15) is 0 Å². The van der Waals surface area contributed by atoms with Gasteiger partial charge in [-0.3, -0.25) is 4.90 Å². The van der Waals surface area contributed by atoms with Crippen molar-refractivity contribution in [3.63, 3.8) is 0 Å². The molecule has 0 bridgehead atoms. The number of piperidine rings is 1. The zero-order valence-electron chi connectivity index (χ0n) is 15.7. The van der Waals surface area contributed by atoms with Gasteiger partial charge >= 0.3 is 0 Å². The van der Waals surface area contributed by atoms with Gasteiger partial charge in [0.1, 0.15) is 0 Å². The maximum atomic E-state index is 3.97. The summed E-state index contributed by atoms with van der Waals surface area (Å²) < 4.78 is 0. The molecule has 1 N–H and O–H groups in total. The molecule has 1 aromatic rings. The summed E-state index contributed by atoms with van der Waals surface area (Å²) in [5, 5.41) is 3.53. The highest BCUT2D eigenvalue weighted by Crippen LogP contribution is 2.16. The van der Waals surface area contributed by atoms with Gasteiger partial charge in [0.15, 0.2) is 0 Å². The molecule has 2 heteroatoms. The molecule has 1 saturated heterocycles. The Morgan fingerprint density at radius 2 is 2.04 bits per heavy atom. The van der Waals surface area contributed by atoms with Crippen LogP contribution in [0.1, 0.15) is 39.2 Å². The van der Waals surface area contributed by atoms with E-state index in [9.17, 15) is 0 Å². The van der Waals surface area contributed by atoms with Crippen LogP contribution in [0.15, 0.2) is 66.8 Å². The van der Waals surface area contributed by atoms with E-state index >= 15 is 0 Å². The molecular weight excluding hydrogens is 292 g/mol. The molecule has 132 valence electrons. The molecule has 2 nitrogen and oxygen atoms in total. The highest BCUT2D eigenvalue weighted by Gasteiger charge is 2.21. The van der Waals surface area contributed by atoms with E-state index in [1.165, 1.54) is 24.0 Å². The lowest BCUT2D eigenvalue weighted by Crippen LogP contribution is -2.46. The first kappa shape index (κ1) is 20.4. The monoisotopic (exact) mass is 326 g/mol. The van der Waals surface area contributed by atoms with E-state index in [-0.39, 0.29) is 0 Å². The Hall–Kier alpha value is -1.64. The summed E-state index contributed by atoms with van der Waals surface area (Å²) in [6.45, 7) is 14.2. The molecule has 0 aromatic heterocycles. The van der Waals surface area contributed by atoms with Gasteiger partial charge < -0.3 is 5.32 Å². The third-order valence-corrected chi connectivity index (χ3v) is 4.17. The van der Waals surface area contributed by atoms with Crippen molar-refractivity contribution in [2.45, 2.75) is 46.2 Å². The first-order chi connectivity index (χ1) is 11.8. The van der Waals surface area contributed by atoms with Gasteiger partial charge in [0.25, 0.3) is 0 Å². The van der Waals surface area contributed by atoms with Gasteiger partial charge in [0, 0.05) is 25.7 Å². The first-order valence-corrected chi connectivity index (χ1v) is 9.26. The summed E-state index contributed by atoms with van der Waals surface area (Å²) in [4.78, 5) is 2.58. The Morgan fingerprint density at radius 1 is 1.29 bits per heavy atom. The molecule has 0 saturated carbocycles. The lowest BCUT2D eigenvalue weighted by Gasteiger charge is -2.35. The van der Waals surface area contributed by atoms with E-state index in [1.54, 1.807) is 0 Å². The second kappa shape index (κ2) is 12.7. The summed E-state index contributed by atoms with van der Waals surface area (Å²) >= 11 is 0. The van der Waals surface area contributed by atoms with Crippen molar-refractivity contribution >= 4 is 0 Å². The Balaban J connectivity index is 0.00000139. The molecule has 24 heavy (non-hydrogen) atoms. The minimum absolute atomic E-state index is 0.600. The van der Waals surface area contributed by atoms with Crippen LogP contribution >= 0.6 is 0 Å². The van der Waals surface area contributed by atoms with Crippen molar-refractivity contribution in [2.24, 2.45) is 0 Å². The van der Waals surface area contributed by atoms with Crippen LogP contribution in [0.4, 0.5) is 0 Å². The fourth-order valence-corrected chi connectivity index (χ4v) is 2.92. The standard InChI is InChI=1S/C20H28N2.C2H6/c1-3-5-10-18(4-2)16-22(20-13-9-14-21-15-20)17-19-11-7-6-8-12-19;1-2/h3-8,10-12,20-21H,2,9,13-17H2,1H3;1-2H3/b5-3-,18-10+;/t20-;/m0./s1. The van der Waals surface area contributed by atoms with Crippen molar-refractivity contribution in [2.75, 3.05) is 19.6 Å². The summed E-state index contributed by atoms with van der Waals surface area (Å²) in [6.07, 6.45) is 10.8. The predicted molar refractivity (Wildman–Crippen MR) is 107 cm³/mol.